The third-order valence-electron chi connectivity index (χ3n) is 9.62. The molecular formula is C22H32F11N. The second kappa shape index (κ2) is 10.7. The third kappa shape index (κ3) is 2.83. The molecule has 34 heavy (non-hydrogen) atoms. The number of rotatable bonds is 12. The molecule has 202 valence electrons. The van der Waals surface area contributed by atoms with Gasteiger partial charge in [0.1, 0.15) is 33.4 Å². The van der Waals surface area contributed by atoms with E-state index >= 15 is 22.0 Å². The van der Waals surface area contributed by atoms with Crippen molar-refractivity contribution in [2.24, 2.45) is 27.1 Å². The number of hydrogen-bond acceptors (Lipinski definition) is 1. The predicted octanol–water partition coefficient (Wildman–Crippen LogP) is 5.82. The van der Waals surface area contributed by atoms with Gasteiger partial charge in [0, 0.05) is 5.41 Å². The van der Waals surface area contributed by atoms with Crippen molar-refractivity contribution in [2.75, 3.05) is 86.5 Å². The highest BCUT2D eigenvalue weighted by molar-refractivity contribution is 5.35. The summed E-state index contributed by atoms with van der Waals surface area (Å²) < 4.78 is 165. The van der Waals surface area contributed by atoms with E-state index in [0.717, 1.165) is 4.90 Å². The van der Waals surface area contributed by atoms with Crippen molar-refractivity contribution in [1.29, 1.82) is 0 Å². The first-order valence-electron chi connectivity index (χ1n) is 11.2. The van der Waals surface area contributed by atoms with Gasteiger partial charge in [-0.2, -0.15) is 0 Å². The molecule has 1 saturated carbocycles. The van der Waals surface area contributed by atoms with Gasteiger partial charge in [-0.25, -0.2) is 4.39 Å². The van der Waals surface area contributed by atoms with Crippen LogP contribution in [0, 0.1) is 27.1 Å². The van der Waals surface area contributed by atoms with Crippen LogP contribution >= 0.6 is 0 Å². The highest BCUT2D eigenvalue weighted by atomic mass is 19.2. The van der Waals surface area contributed by atoms with Crippen LogP contribution in [0.3, 0.4) is 0 Å². The lowest BCUT2D eigenvalue weighted by Gasteiger charge is -2.78. The zero-order chi connectivity index (χ0) is 25.9. The zero-order valence-electron chi connectivity index (χ0n) is 18.9. The lowest BCUT2D eigenvalue weighted by molar-refractivity contribution is -0.375. The van der Waals surface area contributed by atoms with Crippen LogP contribution in [0.15, 0.2) is 0 Å². The van der Waals surface area contributed by atoms with Gasteiger partial charge in [0.15, 0.2) is 0 Å². The molecule has 0 aromatic carbocycles. The van der Waals surface area contributed by atoms with Crippen molar-refractivity contribution in [2.45, 2.75) is 24.8 Å². The van der Waals surface area contributed by atoms with E-state index in [-0.39, 0.29) is 25.9 Å². The summed E-state index contributed by atoms with van der Waals surface area (Å²) in [5.41, 5.74) is -20.6. The summed E-state index contributed by atoms with van der Waals surface area (Å²) >= 11 is 0. The normalized spacial score (nSPS) is 26.9. The van der Waals surface area contributed by atoms with Gasteiger partial charge in [0.05, 0.1) is 67.2 Å². The van der Waals surface area contributed by atoms with E-state index in [1.807, 2.05) is 0 Å². The number of hydrogen-bond donors (Lipinski definition) is 0. The summed E-state index contributed by atoms with van der Waals surface area (Å²) in [6, 6.07) is 0. The predicted molar refractivity (Wildman–Crippen MR) is 106 cm³/mol. The first kappa shape index (κ1) is 29.4. The van der Waals surface area contributed by atoms with Gasteiger partial charge in [-0.1, -0.05) is 6.42 Å². The number of alkyl halides is 11. The highest BCUT2D eigenvalue weighted by Crippen LogP contribution is 2.78. The van der Waals surface area contributed by atoms with Crippen LogP contribution in [-0.4, -0.2) is 96.9 Å². The summed E-state index contributed by atoms with van der Waals surface area (Å²) in [6.07, 6.45) is 0.959. The van der Waals surface area contributed by atoms with Crippen LogP contribution < -0.4 is 0 Å². The Bertz CT molecular complexity index is 597. The Kier molecular flexibility index (Phi) is 9.23. The van der Waals surface area contributed by atoms with E-state index in [1.54, 1.807) is 0 Å². The second-order valence-corrected chi connectivity index (χ2v) is 9.79. The average molecular weight is 519 g/mol. The minimum Gasteiger partial charge on any atom is -0.294 e. The molecule has 0 aromatic rings. The van der Waals surface area contributed by atoms with E-state index in [0.29, 0.717) is 6.42 Å². The number of likely N-dealkylation sites (tertiary alicyclic amines) is 1. The molecule has 1 aliphatic carbocycles. The smallest absolute Gasteiger partial charge is 0.109 e. The van der Waals surface area contributed by atoms with Gasteiger partial charge in [0.2, 0.25) is 0 Å². The molecule has 0 bridgehead atoms. The van der Waals surface area contributed by atoms with E-state index in [4.69, 9.17) is 0 Å². The summed E-state index contributed by atoms with van der Waals surface area (Å²) in [7, 11) is 0. The van der Waals surface area contributed by atoms with Gasteiger partial charge in [-0.15, -0.1) is 0 Å². The molecule has 1 heterocycles. The van der Waals surface area contributed by atoms with Crippen molar-refractivity contribution >= 4 is 0 Å². The molecule has 0 spiro atoms. The SMILES string of the molecule is FCC1(CF)C(CF)(CF)C(CF)(CF)C(CF)(N2CCCCC2)C(CF)(CF)C1(CF)CF. The minimum absolute atomic E-state index is 0.221. The molecule has 0 atom stereocenters. The van der Waals surface area contributed by atoms with Crippen molar-refractivity contribution < 1.29 is 48.3 Å². The Labute approximate surface area is 192 Å². The molecule has 0 N–H and O–H groups in total. The molecule has 0 unspecified atom stereocenters. The van der Waals surface area contributed by atoms with Gasteiger partial charge in [-0.3, -0.25) is 48.8 Å². The van der Waals surface area contributed by atoms with Crippen LogP contribution in [0.25, 0.3) is 0 Å². The Morgan fingerprint density at radius 2 is 0.618 bits per heavy atom. The second-order valence-electron chi connectivity index (χ2n) is 9.79. The largest absolute Gasteiger partial charge is 0.294 e. The first-order chi connectivity index (χ1) is 16.3. The van der Waals surface area contributed by atoms with Gasteiger partial charge in [-0.05, 0) is 25.9 Å². The fourth-order valence-corrected chi connectivity index (χ4v) is 7.51. The molecule has 1 aliphatic heterocycles. The summed E-state index contributed by atoms with van der Waals surface area (Å²) in [4.78, 5) is 0.912. The fraction of sp³-hybridized carbons (Fsp3) is 1.00. The number of nitrogens with zero attached hydrogens (tertiary/aromatic N) is 1. The van der Waals surface area contributed by atoms with E-state index in [2.05, 4.69) is 0 Å². The lowest BCUT2D eigenvalue weighted by atomic mass is 9.27. The van der Waals surface area contributed by atoms with E-state index in [1.165, 1.54) is 0 Å². The van der Waals surface area contributed by atoms with Crippen molar-refractivity contribution in [1.82, 2.24) is 4.90 Å². The zero-order valence-corrected chi connectivity index (χ0v) is 18.9. The maximum Gasteiger partial charge on any atom is 0.109 e. The molecule has 0 amide bonds. The molecular weight excluding hydrogens is 487 g/mol. The maximum atomic E-state index is 15.4. The van der Waals surface area contributed by atoms with E-state index < -0.39 is 106 Å². The Balaban J connectivity index is 3.30. The third-order valence-corrected chi connectivity index (χ3v) is 9.62. The quantitative estimate of drug-likeness (QED) is 0.294. The Morgan fingerprint density at radius 1 is 0.353 bits per heavy atom. The molecule has 1 nitrogen and oxygen atoms in total. The highest BCUT2D eigenvalue weighted by Gasteiger charge is 2.89. The topological polar surface area (TPSA) is 3.24 Å². The molecule has 2 fully saturated rings. The Morgan fingerprint density at radius 3 is 0.853 bits per heavy atom. The fourth-order valence-electron chi connectivity index (χ4n) is 7.51. The molecule has 0 radical (unpaired) electrons. The molecule has 12 heteroatoms. The maximum absolute atomic E-state index is 15.4. The van der Waals surface area contributed by atoms with Gasteiger partial charge in [0.25, 0.3) is 0 Å². The van der Waals surface area contributed by atoms with Crippen molar-refractivity contribution in [3.63, 3.8) is 0 Å². The van der Waals surface area contributed by atoms with Gasteiger partial charge < -0.3 is 0 Å². The van der Waals surface area contributed by atoms with Crippen molar-refractivity contribution in [3.8, 4) is 0 Å². The summed E-state index contributed by atoms with van der Waals surface area (Å²) in [6.45, 7) is -24.8. The van der Waals surface area contributed by atoms with Crippen LogP contribution in [0.4, 0.5) is 48.3 Å². The average Bonchev–Trinajstić information content (AvgIpc) is 2.91. The lowest BCUT2D eigenvalue weighted by Crippen LogP contribution is -2.91. The van der Waals surface area contributed by atoms with E-state index in [9.17, 15) is 26.3 Å². The standard InChI is InChI=1S/C22H32F11N/c23-6-17(7-24)18(8-25,9-26)20(12-29,13-30)22(16-33,34-4-2-1-3-5-34)21(14-31,15-32)19(17,10-27)11-28/h1-16H2. The molecule has 2 aliphatic rings. The first-order valence-corrected chi connectivity index (χ1v) is 11.2. The molecule has 1 saturated heterocycles. The molecule has 0 aromatic heterocycles. The number of halogens is 11. The van der Waals surface area contributed by atoms with Crippen LogP contribution in [-0.2, 0) is 0 Å². The summed E-state index contributed by atoms with van der Waals surface area (Å²) in [5.74, 6) is 0. The number of piperidine rings is 1. The Hall–Kier alpha value is -0.810. The van der Waals surface area contributed by atoms with Crippen LogP contribution in [0.5, 0.6) is 0 Å². The minimum atomic E-state index is -3.57. The van der Waals surface area contributed by atoms with Crippen molar-refractivity contribution in [3.05, 3.63) is 0 Å². The van der Waals surface area contributed by atoms with Crippen LogP contribution in [0.1, 0.15) is 19.3 Å². The van der Waals surface area contributed by atoms with Gasteiger partial charge >= 0.3 is 0 Å². The summed E-state index contributed by atoms with van der Waals surface area (Å²) in [5, 5.41) is 0. The molecule has 2 rings (SSSR count). The van der Waals surface area contributed by atoms with Crippen LogP contribution in [0.2, 0.25) is 0 Å². The monoisotopic (exact) mass is 519 g/mol.